The second kappa shape index (κ2) is 12.8. The van der Waals surface area contributed by atoms with Crippen molar-refractivity contribution in [2.45, 2.75) is 65.0 Å². The molecular weight excluding hydrogens is 514 g/mol. The average molecular weight is 549 g/mol. The lowest BCUT2D eigenvalue weighted by Crippen LogP contribution is -2.37. The van der Waals surface area contributed by atoms with E-state index in [2.05, 4.69) is 10.3 Å². The molecule has 2 amide bonds. The largest absolute Gasteiger partial charge is 0.416 e. The molecular formula is C26H34F6N4O2. The summed E-state index contributed by atoms with van der Waals surface area (Å²) in [6, 6.07) is 1.08. The van der Waals surface area contributed by atoms with Gasteiger partial charge in [0, 0.05) is 27.6 Å². The number of carbonyl (C=O) groups is 2. The first-order valence-electron chi connectivity index (χ1n) is 12.3. The number of aliphatic imine (C=N–C) groups is 1. The summed E-state index contributed by atoms with van der Waals surface area (Å²) in [6.45, 7) is 5.69. The van der Waals surface area contributed by atoms with Crippen molar-refractivity contribution >= 4 is 17.6 Å². The number of amidine groups is 1. The maximum atomic E-state index is 13.5. The number of nitrogens with zero attached hydrogens (tertiary/aromatic N) is 3. The molecule has 212 valence electrons. The number of hydrogen-bond donors (Lipinski definition) is 1. The Balaban J connectivity index is 2.16. The van der Waals surface area contributed by atoms with Crippen molar-refractivity contribution in [2.24, 2.45) is 10.9 Å². The Labute approximate surface area is 218 Å². The van der Waals surface area contributed by atoms with Crippen LogP contribution in [0.5, 0.6) is 0 Å². The molecule has 1 heterocycles. The first-order chi connectivity index (χ1) is 17.5. The Bertz CT molecular complexity index is 1050. The zero-order valence-electron chi connectivity index (χ0n) is 22.1. The third kappa shape index (κ3) is 8.85. The minimum Gasteiger partial charge on any atom is -0.347 e. The normalized spacial score (nSPS) is 17.3. The minimum atomic E-state index is -4.90. The number of piperidine rings is 1. The number of likely N-dealkylation sites (tertiary alicyclic amines) is 1. The molecule has 1 aromatic carbocycles. The Morgan fingerprint density at radius 2 is 1.71 bits per heavy atom. The predicted octanol–water partition coefficient (Wildman–Crippen LogP) is 5.28. The summed E-state index contributed by atoms with van der Waals surface area (Å²) in [7, 11) is 3.24. The highest BCUT2D eigenvalue weighted by atomic mass is 19.4. The summed E-state index contributed by atoms with van der Waals surface area (Å²) in [5.41, 5.74) is -2.14. The standard InChI is InChI=1S/C26H34F6N4O2/c1-6-22(24(38)35(4)5)34-23(33-17(3)37)16(2)13-18-9-11-36(12-10-18)15-19-7-8-20(25(27,28)29)14-21(19)26(30,31)32/h7-8,13-14,18,22H,6,9-12,15H2,1-5H3,(H,33,34,37). The molecule has 6 nitrogen and oxygen atoms in total. The maximum absolute atomic E-state index is 13.5. The summed E-state index contributed by atoms with van der Waals surface area (Å²) >= 11 is 0. The van der Waals surface area contributed by atoms with Gasteiger partial charge in [0.2, 0.25) is 11.8 Å². The van der Waals surface area contributed by atoms with E-state index in [9.17, 15) is 35.9 Å². The summed E-state index contributed by atoms with van der Waals surface area (Å²) in [5.74, 6) is -0.195. The van der Waals surface area contributed by atoms with Gasteiger partial charge >= 0.3 is 12.4 Å². The van der Waals surface area contributed by atoms with Gasteiger partial charge in [-0.1, -0.05) is 19.1 Å². The number of benzene rings is 1. The van der Waals surface area contributed by atoms with Crippen molar-refractivity contribution in [2.75, 3.05) is 27.2 Å². The van der Waals surface area contributed by atoms with Crippen LogP contribution in [-0.2, 0) is 28.5 Å². The fraction of sp³-hybridized carbons (Fsp3) is 0.577. The number of carbonyl (C=O) groups excluding carboxylic acids is 2. The van der Waals surface area contributed by atoms with Gasteiger partial charge in [-0.25, -0.2) is 0 Å². The first kappa shape index (κ1) is 31.3. The van der Waals surface area contributed by atoms with E-state index in [4.69, 9.17) is 0 Å². The van der Waals surface area contributed by atoms with Crippen LogP contribution in [0.4, 0.5) is 26.3 Å². The molecule has 0 aromatic heterocycles. The molecule has 2 rings (SSSR count). The van der Waals surface area contributed by atoms with Crippen LogP contribution >= 0.6 is 0 Å². The van der Waals surface area contributed by atoms with Crippen LogP contribution in [-0.4, -0.2) is 60.7 Å². The molecule has 1 unspecified atom stereocenters. The number of alkyl halides is 6. The molecule has 1 aliphatic heterocycles. The number of halogens is 6. The second-order valence-electron chi connectivity index (χ2n) is 9.65. The Kier molecular flexibility index (Phi) is 10.5. The highest BCUT2D eigenvalue weighted by Crippen LogP contribution is 2.38. The highest BCUT2D eigenvalue weighted by Gasteiger charge is 2.38. The van der Waals surface area contributed by atoms with Crippen molar-refractivity contribution in [1.29, 1.82) is 0 Å². The van der Waals surface area contributed by atoms with E-state index in [-0.39, 0.29) is 35.9 Å². The highest BCUT2D eigenvalue weighted by molar-refractivity contribution is 6.07. The molecule has 12 heteroatoms. The Hall–Kier alpha value is -2.89. The molecule has 38 heavy (non-hydrogen) atoms. The number of nitrogens with one attached hydrogen (secondary N) is 1. The first-order valence-corrected chi connectivity index (χ1v) is 12.3. The SMILES string of the molecule is CCC(N=C(NC(C)=O)C(C)=CC1CCN(Cc2ccc(C(F)(F)F)cc2C(F)(F)F)CC1)C(=O)N(C)C. The number of amides is 2. The quantitative estimate of drug-likeness (QED) is 0.286. The summed E-state index contributed by atoms with van der Waals surface area (Å²) < 4.78 is 79.3. The van der Waals surface area contributed by atoms with E-state index in [1.165, 1.54) is 11.8 Å². The molecule has 0 bridgehead atoms. The van der Waals surface area contributed by atoms with Gasteiger partial charge in [0.25, 0.3) is 0 Å². The van der Waals surface area contributed by atoms with Gasteiger partial charge in [-0.15, -0.1) is 0 Å². The lowest BCUT2D eigenvalue weighted by atomic mass is 9.93. The lowest BCUT2D eigenvalue weighted by Gasteiger charge is -2.32. The van der Waals surface area contributed by atoms with Crippen LogP contribution in [0.3, 0.4) is 0 Å². The maximum Gasteiger partial charge on any atom is 0.416 e. The molecule has 1 aromatic rings. The molecule has 1 atom stereocenters. The fourth-order valence-corrected chi connectivity index (χ4v) is 4.28. The van der Waals surface area contributed by atoms with Crippen molar-refractivity contribution in [1.82, 2.24) is 15.1 Å². The Morgan fingerprint density at radius 3 is 2.18 bits per heavy atom. The van der Waals surface area contributed by atoms with Crippen molar-refractivity contribution < 1.29 is 35.9 Å². The van der Waals surface area contributed by atoms with E-state index < -0.39 is 29.5 Å². The zero-order valence-corrected chi connectivity index (χ0v) is 22.1. The lowest BCUT2D eigenvalue weighted by molar-refractivity contribution is -0.143. The van der Waals surface area contributed by atoms with Gasteiger partial charge in [-0.2, -0.15) is 26.3 Å². The van der Waals surface area contributed by atoms with E-state index in [0.29, 0.717) is 49.8 Å². The molecule has 0 aliphatic carbocycles. The Morgan fingerprint density at radius 1 is 1.11 bits per heavy atom. The van der Waals surface area contributed by atoms with Gasteiger partial charge in [0.15, 0.2) is 0 Å². The topological polar surface area (TPSA) is 65.0 Å². The van der Waals surface area contributed by atoms with Crippen LogP contribution in [0.25, 0.3) is 0 Å². The van der Waals surface area contributed by atoms with E-state index in [1.54, 1.807) is 25.9 Å². The van der Waals surface area contributed by atoms with Crippen molar-refractivity contribution in [3.05, 3.63) is 46.5 Å². The smallest absolute Gasteiger partial charge is 0.347 e. The third-order valence-electron chi connectivity index (χ3n) is 6.32. The van der Waals surface area contributed by atoms with Gasteiger partial charge in [-0.05, 0) is 68.5 Å². The summed E-state index contributed by atoms with van der Waals surface area (Å²) in [4.78, 5) is 31.8. The van der Waals surface area contributed by atoms with Crippen LogP contribution in [0.1, 0.15) is 56.7 Å². The summed E-state index contributed by atoms with van der Waals surface area (Å²) in [6.07, 6.45) is -6.20. The second-order valence-corrected chi connectivity index (χ2v) is 9.65. The van der Waals surface area contributed by atoms with Crippen LogP contribution in [0.15, 0.2) is 34.8 Å². The zero-order chi connectivity index (χ0) is 28.8. The van der Waals surface area contributed by atoms with Crippen molar-refractivity contribution in [3.8, 4) is 0 Å². The number of hydrogen-bond acceptors (Lipinski definition) is 4. The van der Waals surface area contributed by atoms with Crippen LogP contribution < -0.4 is 5.32 Å². The molecule has 0 radical (unpaired) electrons. The number of rotatable bonds is 7. The van der Waals surface area contributed by atoms with E-state index in [1.807, 2.05) is 13.0 Å². The summed E-state index contributed by atoms with van der Waals surface area (Å²) in [5, 5.41) is 2.68. The van der Waals surface area contributed by atoms with Crippen LogP contribution in [0.2, 0.25) is 0 Å². The molecule has 0 saturated carbocycles. The van der Waals surface area contributed by atoms with Crippen LogP contribution in [0, 0.1) is 5.92 Å². The van der Waals surface area contributed by atoms with Crippen molar-refractivity contribution in [3.63, 3.8) is 0 Å². The van der Waals surface area contributed by atoms with Gasteiger partial charge in [0.1, 0.15) is 11.9 Å². The monoisotopic (exact) mass is 548 g/mol. The molecule has 1 N–H and O–H groups in total. The minimum absolute atomic E-state index is 0.0459. The van der Waals surface area contributed by atoms with Gasteiger partial charge < -0.3 is 10.2 Å². The molecule has 1 fully saturated rings. The molecule has 1 aliphatic rings. The molecule has 0 spiro atoms. The van der Waals surface area contributed by atoms with Gasteiger partial charge in [0.05, 0.1) is 11.1 Å². The van der Waals surface area contributed by atoms with E-state index >= 15 is 0 Å². The fourth-order valence-electron chi connectivity index (χ4n) is 4.28. The average Bonchev–Trinajstić information content (AvgIpc) is 2.81. The van der Waals surface area contributed by atoms with E-state index in [0.717, 1.165) is 6.07 Å². The number of allylic oxidation sites excluding steroid dienone is 1. The van der Waals surface area contributed by atoms with Gasteiger partial charge in [-0.3, -0.25) is 19.5 Å². The number of likely N-dealkylation sites (N-methyl/N-ethyl adjacent to an activating group) is 1. The molecule has 1 saturated heterocycles. The third-order valence-corrected chi connectivity index (χ3v) is 6.32. The predicted molar refractivity (Wildman–Crippen MR) is 132 cm³/mol.